The van der Waals surface area contributed by atoms with Gasteiger partial charge in [0.1, 0.15) is 5.82 Å². The maximum atomic E-state index is 12.3. The normalized spacial score (nSPS) is 19.2. The van der Waals surface area contributed by atoms with Gasteiger partial charge < -0.3 is 4.84 Å². The summed E-state index contributed by atoms with van der Waals surface area (Å²) in [5.41, 5.74) is 0.00259. The van der Waals surface area contributed by atoms with Crippen molar-refractivity contribution in [3.8, 4) is 0 Å². The van der Waals surface area contributed by atoms with Crippen LogP contribution in [0.5, 0.6) is 0 Å². The third-order valence-electron chi connectivity index (χ3n) is 4.23. The summed E-state index contributed by atoms with van der Waals surface area (Å²) in [5, 5.41) is 6.67. The minimum atomic E-state index is -0.719. The van der Waals surface area contributed by atoms with E-state index in [1.54, 1.807) is 12.1 Å². The van der Waals surface area contributed by atoms with Crippen LogP contribution in [0.3, 0.4) is 0 Å². The number of nitrogens with one attached hydrogen (secondary N) is 1. The van der Waals surface area contributed by atoms with E-state index in [4.69, 9.17) is 4.84 Å². The fourth-order valence-corrected chi connectivity index (χ4v) is 2.95. The molecule has 3 heterocycles. The highest BCUT2D eigenvalue weighted by molar-refractivity contribution is 6.20. The van der Waals surface area contributed by atoms with Crippen molar-refractivity contribution in [2.24, 2.45) is 5.92 Å². The lowest BCUT2D eigenvalue weighted by molar-refractivity contribution is -0.174. The van der Waals surface area contributed by atoms with Crippen molar-refractivity contribution < 1.29 is 19.2 Å². The number of benzene rings is 1. The highest BCUT2D eigenvalue weighted by atomic mass is 16.7. The van der Waals surface area contributed by atoms with Crippen molar-refractivity contribution in [3.05, 3.63) is 51.7 Å². The van der Waals surface area contributed by atoms with E-state index in [-0.39, 0.29) is 17.7 Å². The van der Waals surface area contributed by atoms with Crippen LogP contribution in [0.15, 0.2) is 29.1 Å². The minimum absolute atomic E-state index is 0.104. The van der Waals surface area contributed by atoms with Crippen LogP contribution in [-0.4, -0.2) is 37.6 Å². The van der Waals surface area contributed by atoms with Crippen molar-refractivity contribution in [2.75, 3.05) is 0 Å². The number of hydrogen-bond acceptors (Lipinski definition) is 6. The van der Waals surface area contributed by atoms with Crippen LogP contribution in [-0.2, 0) is 22.6 Å². The molecule has 2 aliphatic heterocycles. The highest BCUT2D eigenvalue weighted by Gasteiger charge is 2.40. The first-order chi connectivity index (χ1) is 11.6. The molecule has 0 spiro atoms. The quantitative estimate of drug-likeness (QED) is 0.769. The van der Waals surface area contributed by atoms with Crippen LogP contribution in [0, 0.1) is 5.92 Å². The second-order valence-electron chi connectivity index (χ2n) is 5.65. The van der Waals surface area contributed by atoms with Gasteiger partial charge in [0.15, 0.2) is 0 Å². The van der Waals surface area contributed by atoms with E-state index < -0.39 is 29.4 Å². The van der Waals surface area contributed by atoms with Gasteiger partial charge in [0.25, 0.3) is 11.8 Å². The molecule has 1 aromatic carbocycles. The average molecular weight is 328 g/mol. The lowest BCUT2D eigenvalue weighted by atomic mass is 10.00. The Kier molecular flexibility index (Phi) is 3.08. The molecular formula is C15H12N4O5. The Labute approximate surface area is 134 Å². The zero-order valence-electron chi connectivity index (χ0n) is 12.4. The average Bonchev–Trinajstić information content (AvgIpc) is 3.08. The summed E-state index contributed by atoms with van der Waals surface area (Å²) in [6.07, 6.45) is 0.854. The van der Waals surface area contributed by atoms with E-state index >= 15 is 0 Å². The maximum Gasteiger partial charge on any atom is 0.343 e. The molecule has 0 saturated carbocycles. The number of rotatable bonds is 2. The molecule has 1 N–H and O–H groups in total. The van der Waals surface area contributed by atoms with E-state index in [0.717, 1.165) is 0 Å². The molecule has 4 rings (SSSR count). The number of aromatic nitrogens is 3. The van der Waals surface area contributed by atoms with Crippen LogP contribution in [0.4, 0.5) is 0 Å². The summed E-state index contributed by atoms with van der Waals surface area (Å²) in [7, 11) is 0. The SMILES string of the molecule is O=C(ON1C(=O)c2ccccc2C1=O)C1CCc2n[nH]c(=O)n2C1. The number of imide groups is 1. The Hall–Kier alpha value is -3.23. The number of carbonyl (C=O) groups excluding carboxylic acids is 3. The second-order valence-corrected chi connectivity index (χ2v) is 5.65. The van der Waals surface area contributed by atoms with Crippen LogP contribution < -0.4 is 5.69 Å². The van der Waals surface area contributed by atoms with Crippen molar-refractivity contribution in [1.29, 1.82) is 0 Å². The monoisotopic (exact) mass is 328 g/mol. The van der Waals surface area contributed by atoms with Gasteiger partial charge >= 0.3 is 11.7 Å². The fourth-order valence-electron chi connectivity index (χ4n) is 2.95. The number of fused-ring (bicyclic) bond motifs is 2. The standard InChI is InChI=1S/C15H12N4O5/c20-12-9-3-1-2-4-10(9)13(21)19(12)24-14(22)8-5-6-11-16-17-15(23)18(11)7-8/h1-4,8H,5-7H2,(H,17,23). The highest BCUT2D eigenvalue weighted by Crippen LogP contribution is 2.25. The Balaban J connectivity index is 1.52. The molecule has 9 heteroatoms. The molecule has 24 heavy (non-hydrogen) atoms. The van der Waals surface area contributed by atoms with Gasteiger partial charge in [-0.15, -0.1) is 0 Å². The number of amides is 2. The topological polar surface area (TPSA) is 114 Å². The van der Waals surface area contributed by atoms with Crippen LogP contribution in [0.1, 0.15) is 33.0 Å². The number of hydroxylamine groups is 2. The Bertz CT molecular complexity index is 893. The van der Waals surface area contributed by atoms with Crippen LogP contribution in [0.2, 0.25) is 0 Å². The zero-order chi connectivity index (χ0) is 16.8. The molecule has 1 atom stereocenters. The maximum absolute atomic E-state index is 12.3. The molecule has 1 aromatic heterocycles. The zero-order valence-corrected chi connectivity index (χ0v) is 12.4. The van der Waals surface area contributed by atoms with Crippen LogP contribution in [0.25, 0.3) is 0 Å². The molecule has 9 nitrogen and oxygen atoms in total. The predicted octanol–water partition coefficient (Wildman–Crippen LogP) is -0.112. The van der Waals surface area contributed by atoms with Crippen molar-refractivity contribution in [2.45, 2.75) is 19.4 Å². The number of nitrogens with zero attached hydrogens (tertiary/aromatic N) is 3. The first-order valence-corrected chi connectivity index (χ1v) is 7.40. The van der Waals surface area contributed by atoms with E-state index in [1.165, 1.54) is 16.7 Å². The molecule has 2 amide bonds. The Morgan fingerprint density at radius 2 is 1.83 bits per heavy atom. The molecule has 0 saturated heterocycles. The van der Waals surface area contributed by atoms with Gasteiger partial charge in [0, 0.05) is 13.0 Å². The van der Waals surface area contributed by atoms with Gasteiger partial charge in [0.2, 0.25) is 0 Å². The predicted molar refractivity (Wildman–Crippen MR) is 77.7 cm³/mol. The van der Waals surface area contributed by atoms with Gasteiger partial charge in [-0.3, -0.25) is 14.2 Å². The van der Waals surface area contributed by atoms with Gasteiger partial charge in [-0.2, -0.15) is 5.10 Å². The molecule has 0 fully saturated rings. The summed E-state index contributed by atoms with van der Waals surface area (Å²) < 4.78 is 1.36. The molecule has 122 valence electrons. The second kappa shape index (κ2) is 5.15. The number of H-pyrrole nitrogens is 1. The van der Waals surface area contributed by atoms with Gasteiger partial charge in [-0.1, -0.05) is 17.2 Å². The first kappa shape index (κ1) is 14.4. The number of aryl methyl sites for hydroxylation is 1. The third kappa shape index (κ3) is 2.05. The third-order valence-corrected chi connectivity index (χ3v) is 4.23. The Morgan fingerprint density at radius 1 is 1.17 bits per heavy atom. The molecule has 0 aliphatic carbocycles. The van der Waals surface area contributed by atoms with Crippen molar-refractivity contribution in [1.82, 2.24) is 19.8 Å². The van der Waals surface area contributed by atoms with E-state index in [0.29, 0.717) is 23.7 Å². The molecule has 2 aliphatic rings. The van der Waals surface area contributed by atoms with Crippen molar-refractivity contribution in [3.63, 3.8) is 0 Å². The van der Waals surface area contributed by atoms with Crippen molar-refractivity contribution >= 4 is 17.8 Å². The molecule has 1 unspecified atom stereocenters. The summed E-state index contributed by atoms with van der Waals surface area (Å²) in [6.45, 7) is 0.104. The molecule has 0 bridgehead atoms. The summed E-state index contributed by atoms with van der Waals surface area (Å²) in [5.74, 6) is -2.10. The number of hydrogen-bond donors (Lipinski definition) is 1. The summed E-state index contributed by atoms with van der Waals surface area (Å²) >= 11 is 0. The number of carbonyl (C=O) groups is 3. The lowest BCUT2D eigenvalue weighted by Crippen LogP contribution is -2.38. The van der Waals surface area contributed by atoms with Gasteiger partial charge in [-0.05, 0) is 18.6 Å². The minimum Gasteiger partial charge on any atom is -0.329 e. The van der Waals surface area contributed by atoms with Gasteiger partial charge in [0.05, 0.1) is 17.0 Å². The Morgan fingerprint density at radius 3 is 2.50 bits per heavy atom. The fraction of sp³-hybridized carbons (Fsp3) is 0.267. The first-order valence-electron chi connectivity index (χ1n) is 7.40. The summed E-state index contributed by atoms with van der Waals surface area (Å²) in [4.78, 5) is 53.4. The van der Waals surface area contributed by atoms with E-state index in [9.17, 15) is 19.2 Å². The van der Waals surface area contributed by atoms with Gasteiger partial charge in [-0.25, -0.2) is 14.7 Å². The molecule has 2 aromatic rings. The largest absolute Gasteiger partial charge is 0.343 e. The smallest absolute Gasteiger partial charge is 0.329 e. The summed E-state index contributed by atoms with van der Waals surface area (Å²) in [6, 6.07) is 6.26. The van der Waals surface area contributed by atoms with E-state index in [1.807, 2.05) is 0 Å². The van der Waals surface area contributed by atoms with E-state index in [2.05, 4.69) is 10.2 Å². The van der Waals surface area contributed by atoms with Crippen LogP contribution >= 0.6 is 0 Å². The lowest BCUT2D eigenvalue weighted by Gasteiger charge is -2.22. The number of aromatic amines is 1. The molecule has 0 radical (unpaired) electrons. The molecular weight excluding hydrogens is 316 g/mol.